The van der Waals surface area contributed by atoms with Gasteiger partial charge in [-0.3, -0.25) is 9.97 Å². The molecular weight excluding hydrogens is 468 g/mol. The van der Waals surface area contributed by atoms with Gasteiger partial charge < -0.3 is 9.47 Å². The summed E-state index contributed by atoms with van der Waals surface area (Å²) in [6, 6.07) is 7.63. The lowest BCUT2D eigenvalue weighted by atomic mass is 10.2. The molecule has 4 rings (SSSR count). The molecular formula is C27H36N8O2. The molecule has 0 atom stereocenters. The van der Waals surface area contributed by atoms with Crippen molar-refractivity contribution in [1.29, 1.82) is 0 Å². The molecule has 0 aromatic carbocycles. The van der Waals surface area contributed by atoms with Crippen molar-refractivity contribution in [3.05, 3.63) is 49.1 Å². The first-order chi connectivity index (χ1) is 18.2. The van der Waals surface area contributed by atoms with Gasteiger partial charge in [-0.05, 0) is 37.1 Å². The van der Waals surface area contributed by atoms with Gasteiger partial charge in [0.15, 0.2) is 0 Å². The topological polar surface area (TPSA) is 106 Å². The van der Waals surface area contributed by atoms with Gasteiger partial charge in [-0.15, -0.1) is 10.2 Å². The summed E-state index contributed by atoms with van der Waals surface area (Å²) in [5, 5.41) is 16.9. The summed E-state index contributed by atoms with van der Waals surface area (Å²) < 4.78 is 14.9. The van der Waals surface area contributed by atoms with E-state index >= 15 is 0 Å². The Bertz CT molecular complexity index is 1090. The van der Waals surface area contributed by atoms with E-state index in [0.717, 1.165) is 35.7 Å². The summed E-state index contributed by atoms with van der Waals surface area (Å²) >= 11 is 0. The third-order valence-electron chi connectivity index (χ3n) is 5.90. The Morgan fingerprint density at radius 2 is 1.08 bits per heavy atom. The molecule has 10 heteroatoms. The Morgan fingerprint density at radius 3 is 1.49 bits per heavy atom. The lowest BCUT2D eigenvalue weighted by molar-refractivity contribution is 0.304. The Hall–Kier alpha value is -3.82. The zero-order chi connectivity index (χ0) is 25.7. The van der Waals surface area contributed by atoms with Gasteiger partial charge >= 0.3 is 0 Å². The van der Waals surface area contributed by atoms with Crippen LogP contribution in [0.15, 0.2) is 49.1 Å². The highest BCUT2D eigenvalue weighted by molar-refractivity contribution is 5.53. The van der Waals surface area contributed by atoms with Gasteiger partial charge in [0.05, 0.1) is 49.4 Å². The Balaban J connectivity index is 1.27. The monoisotopic (exact) mass is 504 g/mol. The standard InChI is InChI=1S/C27H36N8O2/c1-3-5-7-9-15-36-22-11-13-24(28-17-22)26-19-34(32-30-26)21-35-20-27(31-33-35)25-14-12-23(18-29-25)37-16-10-8-6-4-2/h11-14,17-20H,3-10,15-16,21H2,1-2H3. The quantitative estimate of drug-likeness (QED) is 0.186. The van der Waals surface area contributed by atoms with Gasteiger partial charge in [0, 0.05) is 0 Å². The van der Waals surface area contributed by atoms with E-state index in [4.69, 9.17) is 9.47 Å². The Labute approximate surface area is 218 Å². The van der Waals surface area contributed by atoms with Crippen LogP contribution in [0.4, 0.5) is 0 Å². The highest BCUT2D eigenvalue weighted by Gasteiger charge is 2.09. The van der Waals surface area contributed by atoms with Crippen LogP contribution >= 0.6 is 0 Å². The molecule has 0 N–H and O–H groups in total. The van der Waals surface area contributed by atoms with E-state index in [1.54, 1.807) is 21.8 Å². The van der Waals surface area contributed by atoms with Crippen LogP contribution in [0.3, 0.4) is 0 Å². The molecule has 0 aliphatic carbocycles. The second-order valence-corrected chi connectivity index (χ2v) is 9.00. The van der Waals surface area contributed by atoms with E-state index in [2.05, 4.69) is 44.4 Å². The van der Waals surface area contributed by atoms with Crippen molar-refractivity contribution < 1.29 is 9.47 Å². The average molecular weight is 505 g/mol. The van der Waals surface area contributed by atoms with Crippen LogP contribution in [0.25, 0.3) is 22.8 Å². The van der Waals surface area contributed by atoms with Crippen LogP contribution in [0.2, 0.25) is 0 Å². The maximum absolute atomic E-state index is 5.77. The lowest BCUT2D eigenvalue weighted by Crippen LogP contribution is -2.09. The van der Waals surface area contributed by atoms with Crippen molar-refractivity contribution in [2.24, 2.45) is 0 Å². The minimum absolute atomic E-state index is 0.373. The number of ether oxygens (including phenoxy) is 2. The second-order valence-electron chi connectivity index (χ2n) is 9.00. The molecule has 0 amide bonds. The van der Waals surface area contributed by atoms with Gasteiger partial charge in [-0.25, -0.2) is 9.36 Å². The van der Waals surface area contributed by atoms with Crippen LogP contribution in [0, 0.1) is 0 Å². The first-order valence-electron chi connectivity index (χ1n) is 13.2. The van der Waals surface area contributed by atoms with Crippen LogP contribution in [-0.2, 0) is 6.67 Å². The molecule has 196 valence electrons. The minimum Gasteiger partial charge on any atom is -0.492 e. The maximum Gasteiger partial charge on any atom is 0.137 e. The summed E-state index contributed by atoms with van der Waals surface area (Å²) in [5.41, 5.74) is 2.84. The normalized spacial score (nSPS) is 11.1. The molecule has 0 saturated carbocycles. The first kappa shape index (κ1) is 26.2. The number of pyridine rings is 2. The Kier molecular flexibility index (Phi) is 9.97. The summed E-state index contributed by atoms with van der Waals surface area (Å²) in [4.78, 5) is 8.95. The summed E-state index contributed by atoms with van der Waals surface area (Å²) in [7, 11) is 0. The minimum atomic E-state index is 0.373. The molecule has 0 unspecified atom stereocenters. The Morgan fingerprint density at radius 1 is 0.595 bits per heavy atom. The largest absolute Gasteiger partial charge is 0.492 e. The van der Waals surface area contributed by atoms with Crippen LogP contribution in [-0.4, -0.2) is 53.2 Å². The average Bonchev–Trinajstić information content (AvgIpc) is 3.59. The van der Waals surface area contributed by atoms with Crippen molar-refractivity contribution >= 4 is 0 Å². The fourth-order valence-corrected chi connectivity index (χ4v) is 3.79. The van der Waals surface area contributed by atoms with Crippen molar-refractivity contribution in [3.8, 4) is 34.3 Å². The molecule has 4 aromatic rings. The van der Waals surface area contributed by atoms with E-state index in [9.17, 15) is 0 Å². The first-order valence-corrected chi connectivity index (χ1v) is 13.2. The van der Waals surface area contributed by atoms with Crippen molar-refractivity contribution in [3.63, 3.8) is 0 Å². The molecule has 0 fully saturated rings. The van der Waals surface area contributed by atoms with E-state index in [-0.39, 0.29) is 0 Å². The SMILES string of the molecule is CCCCCCOc1ccc(-c2cn(Cn3cc(-c4ccc(OCCCCCC)cn4)nn3)nn2)nc1. The maximum atomic E-state index is 5.77. The zero-order valence-electron chi connectivity index (χ0n) is 21.8. The number of unbranched alkanes of at least 4 members (excludes halogenated alkanes) is 6. The van der Waals surface area contributed by atoms with Crippen LogP contribution < -0.4 is 9.47 Å². The van der Waals surface area contributed by atoms with Gasteiger partial charge in [0.25, 0.3) is 0 Å². The van der Waals surface area contributed by atoms with Crippen molar-refractivity contribution in [2.75, 3.05) is 13.2 Å². The lowest BCUT2D eigenvalue weighted by Gasteiger charge is -2.05. The molecule has 0 saturated heterocycles. The second kappa shape index (κ2) is 14.1. The van der Waals surface area contributed by atoms with Crippen LogP contribution in [0.5, 0.6) is 11.5 Å². The molecule has 37 heavy (non-hydrogen) atoms. The van der Waals surface area contributed by atoms with Gasteiger partial charge in [0.2, 0.25) is 0 Å². The molecule has 10 nitrogen and oxygen atoms in total. The third-order valence-corrected chi connectivity index (χ3v) is 5.90. The number of nitrogens with zero attached hydrogens (tertiary/aromatic N) is 8. The highest BCUT2D eigenvalue weighted by atomic mass is 16.5. The van der Waals surface area contributed by atoms with E-state index in [1.165, 1.54) is 38.5 Å². The number of hydrogen-bond acceptors (Lipinski definition) is 8. The number of rotatable bonds is 16. The van der Waals surface area contributed by atoms with E-state index < -0.39 is 0 Å². The molecule has 0 aliphatic heterocycles. The molecule has 0 radical (unpaired) electrons. The fraction of sp³-hybridized carbons (Fsp3) is 0.481. The molecule has 0 spiro atoms. The smallest absolute Gasteiger partial charge is 0.137 e. The molecule has 4 heterocycles. The van der Waals surface area contributed by atoms with Crippen molar-refractivity contribution in [2.45, 2.75) is 71.9 Å². The molecule has 4 aromatic heterocycles. The van der Waals surface area contributed by atoms with E-state index in [0.29, 0.717) is 31.3 Å². The predicted molar refractivity (Wildman–Crippen MR) is 141 cm³/mol. The fourth-order valence-electron chi connectivity index (χ4n) is 3.79. The van der Waals surface area contributed by atoms with Crippen molar-refractivity contribution in [1.82, 2.24) is 40.0 Å². The zero-order valence-corrected chi connectivity index (χ0v) is 21.8. The highest BCUT2D eigenvalue weighted by Crippen LogP contribution is 2.19. The molecule has 0 bridgehead atoms. The number of hydrogen-bond donors (Lipinski definition) is 0. The van der Waals surface area contributed by atoms with E-state index in [1.807, 2.05) is 36.7 Å². The third kappa shape index (κ3) is 8.09. The summed E-state index contributed by atoms with van der Waals surface area (Å²) in [5.74, 6) is 1.53. The summed E-state index contributed by atoms with van der Waals surface area (Å²) in [6.45, 7) is 6.20. The molecule has 0 aliphatic rings. The summed E-state index contributed by atoms with van der Waals surface area (Å²) in [6.07, 6.45) is 16.5. The predicted octanol–water partition coefficient (Wildman–Crippen LogP) is 5.42. The van der Waals surface area contributed by atoms with Gasteiger partial charge in [0.1, 0.15) is 29.6 Å². The van der Waals surface area contributed by atoms with Crippen LogP contribution in [0.1, 0.15) is 65.2 Å². The van der Waals surface area contributed by atoms with Gasteiger partial charge in [-0.1, -0.05) is 62.8 Å². The number of aromatic nitrogens is 8. The van der Waals surface area contributed by atoms with Gasteiger partial charge in [-0.2, -0.15) is 0 Å².